The summed E-state index contributed by atoms with van der Waals surface area (Å²) in [4.78, 5) is 11.0. The maximum atomic E-state index is 13.2. The molecule has 2 aromatic carbocycles. The molecule has 5 rings (SSSR count). The Morgan fingerprint density at radius 1 is 0.750 bits per heavy atom. The average molecular weight is 447 g/mol. The molecular weight excluding hydrogens is 424 g/mol. The average Bonchev–Trinajstić information content (AvgIpc) is 3.40. The number of hydrogen-bond donors (Lipinski definition) is 0. The van der Waals surface area contributed by atoms with Crippen molar-refractivity contribution in [2.75, 3.05) is 31.1 Å². The van der Waals surface area contributed by atoms with E-state index in [0.29, 0.717) is 36.9 Å². The third-order valence-electron chi connectivity index (χ3n) is 5.54. The predicted molar refractivity (Wildman–Crippen MR) is 122 cm³/mol. The van der Waals surface area contributed by atoms with E-state index < -0.39 is 10.0 Å². The standard InChI is InChI=1S/C23H22N6O2S/c30-32(31,21-9-7-20(8-10-21)19-5-2-1-3-6-19)28-15-13-27(14-16-28)22-17-23(25-18-24-22)29-12-4-11-26-29/h1-12,17-18H,13-16H2. The highest BCUT2D eigenvalue weighted by Crippen LogP contribution is 2.24. The first-order valence-corrected chi connectivity index (χ1v) is 11.8. The van der Waals surface area contributed by atoms with Crippen LogP contribution in [0.2, 0.25) is 0 Å². The molecule has 0 unspecified atom stereocenters. The Bertz CT molecular complexity index is 1280. The van der Waals surface area contributed by atoms with Gasteiger partial charge >= 0.3 is 0 Å². The van der Waals surface area contributed by atoms with Gasteiger partial charge in [-0.15, -0.1) is 0 Å². The smallest absolute Gasteiger partial charge is 0.243 e. The molecule has 0 N–H and O–H groups in total. The van der Waals surface area contributed by atoms with Gasteiger partial charge in [0.2, 0.25) is 10.0 Å². The summed E-state index contributed by atoms with van der Waals surface area (Å²) in [6.07, 6.45) is 5.02. The zero-order valence-corrected chi connectivity index (χ0v) is 18.1. The van der Waals surface area contributed by atoms with Gasteiger partial charge in [0.25, 0.3) is 0 Å². The van der Waals surface area contributed by atoms with Gasteiger partial charge in [0.05, 0.1) is 4.90 Å². The van der Waals surface area contributed by atoms with Gasteiger partial charge in [0.15, 0.2) is 5.82 Å². The van der Waals surface area contributed by atoms with Crippen molar-refractivity contribution >= 4 is 15.8 Å². The molecule has 0 bridgehead atoms. The van der Waals surface area contributed by atoms with Crippen LogP contribution < -0.4 is 4.90 Å². The second-order valence-corrected chi connectivity index (χ2v) is 9.40. The summed E-state index contributed by atoms with van der Waals surface area (Å²) < 4.78 is 29.5. The summed E-state index contributed by atoms with van der Waals surface area (Å²) in [5, 5.41) is 4.20. The molecule has 1 saturated heterocycles. The number of benzene rings is 2. The van der Waals surface area contributed by atoms with Crippen LogP contribution in [0, 0.1) is 0 Å². The van der Waals surface area contributed by atoms with Crippen LogP contribution in [0.4, 0.5) is 5.82 Å². The van der Waals surface area contributed by atoms with Gasteiger partial charge in [-0.2, -0.15) is 9.40 Å². The molecule has 1 aliphatic heterocycles. The Balaban J connectivity index is 1.28. The van der Waals surface area contributed by atoms with Crippen LogP contribution in [0.1, 0.15) is 0 Å². The van der Waals surface area contributed by atoms with Crippen LogP contribution in [0.3, 0.4) is 0 Å². The predicted octanol–water partition coefficient (Wildman–Crippen LogP) is 2.84. The normalized spacial score (nSPS) is 15.1. The van der Waals surface area contributed by atoms with Crippen LogP contribution in [0.15, 0.2) is 90.3 Å². The molecule has 0 amide bonds. The van der Waals surface area contributed by atoms with Crippen molar-refractivity contribution in [3.05, 3.63) is 85.5 Å². The lowest BCUT2D eigenvalue weighted by Crippen LogP contribution is -2.48. The van der Waals surface area contributed by atoms with Gasteiger partial charge in [-0.25, -0.2) is 23.1 Å². The minimum absolute atomic E-state index is 0.314. The van der Waals surface area contributed by atoms with E-state index in [4.69, 9.17) is 0 Å². The molecule has 0 radical (unpaired) electrons. The highest BCUT2D eigenvalue weighted by Gasteiger charge is 2.29. The maximum Gasteiger partial charge on any atom is 0.243 e. The Morgan fingerprint density at radius 3 is 2.12 bits per heavy atom. The summed E-state index contributed by atoms with van der Waals surface area (Å²) >= 11 is 0. The zero-order chi connectivity index (χ0) is 22.0. The Labute approximate surface area is 186 Å². The van der Waals surface area contributed by atoms with Crippen LogP contribution in [0.25, 0.3) is 16.9 Å². The topological polar surface area (TPSA) is 84.2 Å². The molecule has 0 saturated carbocycles. The van der Waals surface area contributed by atoms with E-state index in [9.17, 15) is 8.42 Å². The molecule has 0 spiro atoms. The van der Waals surface area contributed by atoms with E-state index in [0.717, 1.165) is 16.9 Å². The van der Waals surface area contributed by atoms with Crippen LogP contribution in [0.5, 0.6) is 0 Å². The lowest BCUT2D eigenvalue weighted by Gasteiger charge is -2.34. The van der Waals surface area contributed by atoms with Crippen molar-refractivity contribution in [3.8, 4) is 16.9 Å². The Hall–Kier alpha value is -3.56. The van der Waals surface area contributed by atoms with Crippen molar-refractivity contribution in [2.45, 2.75) is 4.90 Å². The number of aromatic nitrogens is 4. The first kappa shape index (κ1) is 20.3. The molecule has 0 atom stereocenters. The molecule has 0 aliphatic carbocycles. The minimum Gasteiger partial charge on any atom is -0.354 e. The molecule has 8 nitrogen and oxygen atoms in total. The van der Waals surface area contributed by atoms with Crippen molar-refractivity contribution in [2.24, 2.45) is 0 Å². The highest BCUT2D eigenvalue weighted by molar-refractivity contribution is 7.89. The van der Waals surface area contributed by atoms with E-state index in [1.807, 2.05) is 60.8 Å². The number of piperazine rings is 1. The van der Waals surface area contributed by atoms with Crippen molar-refractivity contribution in [1.29, 1.82) is 0 Å². The highest BCUT2D eigenvalue weighted by atomic mass is 32.2. The molecule has 1 aliphatic rings. The van der Waals surface area contributed by atoms with Gasteiger partial charge < -0.3 is 4.90 Å². The number of anilines is 1. The molecule has 9 heteroatoms. The first-order valence-electron chi connectivity index (χ1n) is 10.3. The van der Waals surface area contributed by atoms with Gasteiger partial charge in [-0.3, -0.25) is 0 Å². The van der Waals surface area contributed by atoms with Gasteiger partial charge in [0.1, 0.15) is 12.1 Å². The molecule has 2 aromatic heterocycles. The van der Waals surface area contributed by atoms with Gasteiger partial charge in [-0.1, -0.05) is 42.5 Å². The minimum atomic E-state index is -3.55. The van der Waals surface area contributed by atoms with Gasteiger partial charge in [0, 0.05) is 44.6 Å². The lowest BCUT2D eigenvalue weighted by molar-refractivity contribution is 0.383. The third-order valence-corrected chi connectivity index (χ3v) is 7.45. The first-order chi connectivity index (χ1) is 15.6. The van der Waals surface area contributed by atoms with E-state index in [1.54, 1.807) is 23.0 Å². The van der Waals surface area contributed by atoms with E-state index in [-0.39, 0.29) is 0 Å². The van der Waals surface area contributed by atoms with Crippen molar-refractivity contribution in [3.63, 3.8) is 0 Å². The SMILES string of the molecule is O=S(=O)(c1ccc(-c2ccccc2)cc1)N1CCN(c2cc(-n3cccn3)ncn2)CC1. The monoisotopic (exact) mass is 446 g/mol. The Morgan fingerprint density at radius 2 is 1.44 bits per heavy atom. The molecule has 1 fully saturated rings. The second-order valence-electron chi connectivity index (χ2n) is 7.47. The fourth-order valence-electron chi connectivity index (χ4n) is 3.80. The summed E-state index contributed by atoms with van der Waals surface area (Å²) in [6.45, 7) is 1.89. The van der Waals surface area contributed by atoms with Crippen molar-refractivity contribution in [1.82, 2.24) is 24.1 Å². The van der Waals surface area contributed by atoms with Crippen LogP contribution >= 0.6 is 0 Å². The largest absolute Gasteiger partial charge is 0.354 e. The maximum absolute atomic E-state index is 13.2. The molecule has 32 heavy (non-hydrogen) atoms. The summed E-state index contributed by atoms with van der Waals surface area (Å²) in [5.41, 5.74) is 2.05. The summed E-state index contributed by atoms with van der Waals surface area (Å²) in [5.74, 6) is 1.43. The van der Waals surface area contributed by atoms with E-state index in [1.165, 1.54) is 10.6 Å². The van der Waals surface area contributed by atoms with E-state index >= 15 is 0 Å². The lowest BCUT2D eigenvalue weighted by atomic mass is 10.1. The number of nitrogens with zero attached hydrogens (tertiary/aromatic N) is 6. The number of sulfonamides is 1. The van der Waals surface area contributed by atoms with Gasteiger partial charge in [-0.05, 0) is 29.3 Å². The molecule has 4 aromatic rings. The quantitative estimate of drug-likeness (QED) is 0.469. The summed E-state index contributed by atoms with van der Waals surface area (Å²) in [6, 6.07) is 20.7. The zero-order valence-electron chi connectivity index (χ0n) is 17.3. The Kier molecular flexibility index (Phi) is 5.42. The molecule has 162 valence electrons. The fraction of sp³-hybridized carbons (Fsp3) is 0.174. The third kappa shape index (κ3) is 4.00. The second kappa shape index (κ2) is 8.52. The van der Waals surface area contributed by atoms with Crippen LogP contribution in [-0.4, -0.2) is 58.7 Å². The fourth-order valence-corrected chi connectivity index (χ4v) is 5.22. The van der Waals surface area contributed by atoms with Crippen LogP contribution in [-0.2, 0) is 10.0 Å². The molecule has 3 heterocycles. The molecular formula is C23H22N6O2S. The summed E-state index contributed by atoms with van der Waals surface area (Å²) in [7, 11) is -3.55. The number of rotatable bonds is 5. The number of hydrogen-bond acceptors (Lipinski definition) is 6. The van der Waals surface area contributed by atoms with E-state index in [2.05, 4.69) is 20.0 Å². The van der Waals surface area contributed by atoms with Crippen molar-refractivity contribution < 1.29 is 8.42 Å².